The SMILES string of the molecule is CC1=NCc2nc(Cl)ncc21.C[C@H](Cl)c1ccc(Cl)cc1Cl.Cc1nn([C@H](C)c2ccc(Cl)cc2Cl)c2nc(Cl)ncc12. The van der Waals surface area contributed by atoms with Gasteiger partial charge in [0.15, 0.2) is 5.65 Å². The van der Waals surface area contributed by atoms with E-state index in [1.807, 2.05) is 39.8 Å². The van der Waals surface area contributed by atoms with Crippen molar-refractivity contribution in [3.63, 3.8) is 0 Å². The normalized spacial score (nSPS) is 13.3. The Labute approximate surface area is 284 Å². The maximum atomic E-state index is 6.28. The van der Waals surface area contributed by atoms with E-state index in [-0.39, 0.29) is 16.7 Å². The summed E-state index contributed by atoms with van der Waals surface area (Å²) < 4.78 is 1.80. The lowest BCUT2D eigenvalue weighted by molar-refractivity contribution is 0.575. The van der Waals surface area contributed by atoms with Crippen molar-refractivity contribution in [2.24, 2.45) is 4.99 Å². The molecular formula is C29H24Cl7N7. The Morgan fingerprint density at radius 1 is 0.767 bits per heavy atom. The molecule has 4 heterocycles. The molecule has 1 aliphatic heterocycles. The molecule has 2 aromatic carbocycles. The van der Waals surface area contributed by atoms with Gasteiger partial charge in [-0.2, -0.15) is 10.1 Å². The number of fused-ring (bicyclic) bond motifs is 2. The van der Waals surface area contributed by atoms with Crippen LogP contribution in [0.1, 0.15) is 60.3 Å². The molecule has 5 aromatic rings. The first-order chi connectivity index (χ1) is 20.3. The Morgan fingerprint density at radius 2 is 1.35 bits per heavy atom. The van der Waals surface area contributed by atoms with Crippen LogP contribution < -0.4 is 0 Å². The van der Waals surface area contributed by atoms with Crippen molar-refractivity contribution in [2.45, 2.75) is 45.7 Å². The number of aromatic nitrogens is 6. The van der Waals surface area contributed by atoms with Gasteiger partial charge in [0, 0.05) is 43.8 Å². The lowest BCUT2D eigenvalue weighted by Gasteiger charge is -2.15. The summed E-state index contributed by atoms with van der Waals surface area (Å²) in [4.78, 5) is 20.4. The molecule has 0 spiro atoms. The molecule has 0 unspecified atom stereocenters. The lowest BCUT2D eigenvalue weighted by Crippen LogP contribution is -2.10. The number of aryl methyl sites for hydroxylation is 1. The zero-order chi connectivity index (χ0) is 31.4. The first-order valence-corrected chi connectivity index (χ1v) is 15.5. The maximum Gasteiger partial charge on any atom is 0.224 e. The van der Waals surface area contributed by atoms with Crippen molar-refractivity contribution < 1.29 is 0 Å². The first-order valence-electron chi connectivity index (χ1n) is 12.8. The van der Waals surface area contributed by atoms with Gasteiger partial charge in [0.2, 0.25) is 10.6 Å². The third kappa shape index (κ3) is 8.28. The summed E-state index contributed by atoms with van der Waals surface area (Å²) in [6.07, 6.45) is 3.40. The van der Waals surface area contributed by atoms with Crippen molar-refractivity contribution in [3.05, 3.63) is 108 Å². The van der Waals surface area contributed by atoms with E-state index in [9.17, 15) is 0 Å². The molecule has 0 amide bonds. The molecule has 0 saturated carbocycles. The van der Waals surface area contributed by atoms with E-state index in [0.29, 0.717) is 37.6 Å². The quantitative estimate of drug-likeness (QED) is 0.137. The third-order valence-corrected chi connectivity index (χ3v) is 8.19. The highest BCUT2D eigenvalue weighted by molar-refractivity contribution is 6.36. The summed E-state index contributed by atoms with van der Waals surface area (Å²) in [5.74, 6) is 0. The van der Waals surface area contributed by atoms with Gasteiger partial charge in [0.05, 0.1) is 34.7 Å². The van der Waals surface area contributed by atoms with Gasteiger partial charge < -0.3 is 0 Å². The standard InChI is InChI=1S/C14H11Cl3N4.C8H7Cl3.C7H6ClN3/c1-7-11-6-18-14(17)19-13(11)21(20-7)8(2)10-4-3-9(15)5-12(10)16;1-5(9)7-3-2-6(10)4-8(7)11;1-4-5-2-10-7(8)11-6(5)3-9-4/h3-6,8H,1-2H3;2-5H,1H3;2H,3H2,1H3/t8-;5-;/m10./s1. The molecule has 2 atom stereocenters. The monoisotopic (exact) mass is 715 g/mol. The summed E-state index contributed by atoms with van der Waals surface area (Å²) in [6, 6.07) is 10.6. The van der Waals surface area contributed by atoms with Gasteiger partial charge in [-0.15, -0.1) is 11.6 Å². The van der Waals surface area contributed by atoms with E-state index in [1.165, 1.54) is 0 Å². The van der Waals surface area contributed by atoms with Crippen LogP contribution in [-0.4, -0.2) is 35.4 Å². The fourth-order valence-electron chi connectivity index (χ4n) is 4.21. The highest BCUT2D eigenvalue weighted by Crippen LogP contribution is 2.31. The van der Waals surface area contributed by atoms with Crippen LogP contribution in [0.15, 0.2) is 53.8 Å². The van der Waals surface area contributed by atoms with Crippen molar-refractivity contribution in [3.8, 4) is 0 Å². The minimum atomic E-state index is -0.100. The topological polar surface area (TPSA) is 81.7 Å². The molecule has 43 heavy (non-hydrogen) atoms. The van der Waals surface area contributed by atoms with Gasteiger partial charge in [-0.05, 0) is 86.3 Å². The van der Waals surface area contributed by atoms with E-state index in [0.717, 1.165) is 39.2 Å². The highest BCUT2D eigenvalue weighted by Gasteiger charge is 2.19. The number of hydrogen-bond acceptors (Lipinski definition) is 6. The van der Waals surface area contributed by atoms with Crippen LogP contribution in [0.4, 0.5) is 0 Å². The molecule has 6 rings (SSSR count). The highest BCUT2D eigenvalue weighted by atomic mass is 35.5. The van der Waals surface area contributed by atoms with E-state index >= 15 is 0 Å². The molecule has 7 nitrogen and oxygen atoms in total. The van der Waals surface area contributed by atoms with Crippen molar-refractivity contribution in [1.82, 2.24) is 29.7 Å². The summed E-state index contributed by atoms with van der Waals surface area (Å²) in [6.45, 7) is 8.37. The summed E-state index contributed by atoms with van der Waals surface area (Å²) in [5, 5.41) is 8.28. The first kappa shape index (κ1) is 33.7. The minimum Gasteiger partial charge on any atom is -0.283 e. The van der Waals surface area contributed by atoms with Gasteiger partial charge in [-0.3, -0.25) is 4.99 Å². The fraction of sp³-hybridized carbons (Fsp3) is 0.241. The van der Waals surface area contributed by atoms with Gasteiger partial charge in [0.25, 0.3) is 0 Å². The second-order valence-corrected chi connectivity index (χ2v) is 12.4. The van der Waals surface area contributed by atoms with Crippen LogP contribution in [0, 0.1) is 6.92 Å². The second kappa shape index (κ2) is 14.7. The lowest BCUT2D eigenvalue weighted by atomic mass is 10.1. The number of alkyl halides is 1. The van der Waals surface area contributed by atoms with Crippen molar-refractivity contribution in [1.29, 1.82) is 0 Å². The average molecular weight is 719 g/mol. The predicted octanol–water partition coefficient (Wildman–Crippen LogP) is 10.5. The number of aliphatic imine (C=N–C) groups is 1. The Bertz CT molecular complexity index is 1800. The Kier molecular flexibility index (Phi) is 11.5. The molecule has 14 heteroatoms. The zero-order valence-electron chi connectivity index (χ0n) is 23.3. The summed E-state index contributed by atoms with van der Waals surface area (Å²) in [5.41, 5.74) is 6.32. The smallest absolute Gasteiger partial charge is 0.224 e. The van der Waals surface area contributed by atoms with Crippen molar-refractivity contribution in [2.75, 3.05) is 0 Å². The number of hydrogen-bond donors (Lipinski definition) is 0. The number of benzene rings is 2. The van der Waals surface area contributed by atoms with Gasteiger partial charge in [-0.1, -0.05) is 58.5 Å². The predicted molar refractivity (Wildman–Crippen MR) is 179 cm³/mol. The molecule has 1 aliphatic rings. The largest absolute Gasteiger partial charge is 0.283 e. The summed E-state index contributed by atoms with van der Waals surface area (Å²) in [7, 11) is 0. The van der Waals surface area contributed by atoms with Gasteiger partial charge >= 0.3 is 0 Å². The van der Waals surface area contributed by atoms with Gasteiger partial charge in [0.1, 0.15) is 0 Å². The molecule has 0 N–H and O–H groups in total. The summed E-state index contributed by atoms with van der Waals surface area (Å²) >= 11 is 41.1. The molecule has 224 valence electrons. The minimum absolute atomic E-state index is 0.0697. The number of rotatable bonds is 3. The molecule has 0 bridgehead atoms. The molecular weight excluding hydrogens is 695 g/mol. The Morgan fingerprint density at radius 3 is 1.95 bits per heavy atom. The maximum absolute atomic E-state index is 6.28. The van der Waals surface area contributed by atoms with E-state index in [1.54, 1.807) is 41.3 Å². The Balaban J connectivity index is 0.000000162. The number of halogens is 7. The number of nitrogens with zero attached hydrogens (tertiary/aromatic N) is 7. The van der Waals surface area contributed by atoms with E-state index in [4.69, 9.17) is 81.2 Å². The van der Waals surface area contributed by atoms with Crippen molar-refractivity contribution >= 4 is 98.0 Å². The molecule has 0 radical (unpaired) electrons. The molecule has 0 aliphatic carbocycles. The average Bonchev–Trinajstić information content (AvgIpc) is 3.47. The third-order valence-electron chi connectivity index (χ3n) is 6.47. The molecule has 3 aromatic heterocycles. The zero-order valence-corrected chi connectivity index (χ0v) is 28.5. The van der Waals surface area contributed by atoms with Crippen LogP contribution >= 0.6 is 81.2 Å². The van der Waals surface area contributed by atoms with Crippen LogP contribution in [0.3, 0.4) is 0 Å². The van der Waals surface area contributed by atoms with Crippen LogP contribution in [0.2, 0.25) is 30.7 Å². The van der Waals surface area contributed by atoms with E-state index < -0.39 is 0 Å². The fourth-order valence-corrected chi connectivity index (χ4v) is 5.87. The second-order valence-electron chi connectivity index (χ2n) is 9.43. The van der Waals surface area contributed by atoms with Crippen LogP contribution in [-0.2, 0) is 6.54 Å². The van der Waals surface area contributed by atoms with E-state index in [2.05, 4.69) is 30.0 Å². The van der Waals surface area contributed by atoms with Crippen LogP contribution in [0.5, 0.6) is 0 Å². The Hall–Kier alpha value is -2.23. The molecule has 0 saturated heterocycles. The van der Waals surface area contributed by atoms with Crippen LogP contribution in [0.25, 0.3) is 11.0 Å². The van der Waals surface area contributed by atoms with Gasteiger partial charge in [-0.25, -0.2) is 19.6 Å². The molecule has 0 fully saturated rings.